The molecule has 0 aliphatic rings. The highest BCUT2D eigenvalue weighted by Crippen LogP contribution is 2.26. The Hall–Kier alpha value is -3.30. The van der Waals surface area contributed by atoms with Crippen molar-refractivity contribution in [2.45, 2.75) is 13.5 Å². The van der Waals surface area contributed by atoms with E-state index in [0.29, 0.717) is 4.73 Å². The molecule has 0 unspecified atom stereocenters. The number of ether oxygens (including phenoxy) is 1. The quantitative estimate of drug-likeness (QED) is 0.149. The number of fused-ring (bicyclic) bond motifs is 1. The van der Waals surface area contributed by atoms with Crippen LogP contribution in [0.2, 0.25) is 10.0 Å². The predicted octanol–water partition coefficient (Wildman–Crippen LogP) is 3.64. The molecule has 9 nitrogen and oxygen atoms in total. The van der Waals surface area contributed by atoms with Gasteiger partial charge in [-0.15, -0.1) is 0 Å². The fraction of sp³-hybridized carbons (Fsp3) is 0.111. The first kappa shape index (κ1) is 20.4. The van der Waals surface area contributed by atoms with E-state index in [1.807, 2.05) is 0 Å². The van der Waals surface area contributed by atoms with E-state index < -0.39 is 23.3 Å². The highest BCUT2D eigenvalue weighted by atomic mass is 35.5. The monoisotopic (exact) mass is 435 g/mol. The van der Waals surface area contributed by atoms with Gasteiger partial charge in [-0.25, -0.2) is 9.78 Å². The Morgan fingerprint density at radius 2 is 1.90 bits per heavy atom. The van der Waals surface area contributed by atoms with E-state index in [0.717, 1.165) is 6.07 Å². The maximum Gasteiger partial charge on any atom is 0.338 e. The second-order valence-electron chi connectivity index (χ2n) is 5.90. The number of esters is 1. The first-order chi connectivity index (χ1) is 13.7. The van der Waals surface area contributed by atoms with E-state index in [9.17, 15) is 24.9 Å². The molecule has 0 bridgehead atoms. The number of aromatic nitrogens is 2. The van der Waals surface area contributed by atoms with Crippen LogP contribution in [0.4, 0.5) is 5.69 Å². The third kappa shape index (κ3) is 4.10. The fourth-order valence-corrected chi connectivity index (χ4v) is 2.94. The van der Waals surface area contributed by atoms with Gasteiger partial charge in [0, 0.05) is 25.1 Å². The molecule has 0 radical (unpaired) electrons. The Morgan fingerprint density at radius 3 is 2.55 bits per heavy atom. The number of ketones is 1. The standard InChI is InChI=1S/C18H11Cl2N3O6/c1-9(24)17-15(21-14-6-12(19)13(20)7-16(14)22(17)26)8-29-18(25)10-3-2-4-11(5-10)23(27)28/h2-7H,8H2,1H3. The number of carbonyl (C=O) groups excluding carboxylic acids is 2. The van der Waals surface area contributed by atoms with Crippen LogP contribution in [0, 0.1) is 15.3 Å². The number of halogens is 2. The lowest BCUT2D eigenvalue weighted by Gasteiger charge is -2.11. The third-order valence-corrected chi connectivity index (χ3v) is 4.66. The average molecular weight is 436 g/mol. The van der Waals surface area contributed by atoms with E-state index in [1.54, 1.807) is 0 Å². The van der Waals surface area contributed by atoms with Gasteiger partial charge in [-0.2, -0.15) is 4.73 Å². The van der Waals surface area contributed by atoms with Gasteiger partial charge >= 0.3 is 5.97 Å². The molecule has 0 saturated carbocycles. The molecule has 1 heterocycles. The number of hydrogen-bond donors (Lipinski definition) is 0. The molecule has 29 heavy (non-hydrogen) atoms. The number of non-ortho nitro benzene ring substituents is 1. The van der Waals surface area contributed by atoms with Crippen molar-refractivity contribution in [3.05, 3.63) is 78.7 Å². The largest absolute Gasteiger partial charge is 0.618 e. The number of Topliss-reactive ketones (excluding diaryl/α,β-unsaturated/α-hetero) is 1. The van der Waals surface area contributed by atoms with Gasteiger partial charge in [0.2, 0.25) is 11.3 Å². The maximum absolute atomic E-state index is 12.6. The summed E-state index contributed by atoms with van der Waals surface area (Å²) in [5.74, 6) is -1.47. The zero-order valence-electron chi connectivity index (χ0n) is 14.7. The van der Waals surface area contributed by atoms with Crippen molar-refractivity contribution >= 4 is 51.7 Å². The summed E-state index contributed by atoms with van der Waals surface area (Å²) in [6.45, 7) is 0.662. The molecule has 3 aromatic rings. The lowest BCUT2D eigenvalue weighted by Crippen LogP contribution is -2.37. The smallest absolute Gasteiger partial charge is 0.338 e. The predicted molar refractivity (Wildman–Crippen MR) is 103 cm³/mol. The summed E-state index contributed by atoms with van der Waals surface area (Å²) in [6.07, 6.45) is 0. The summed E-state index contributed by atoms with van der Waals surface area (Å²) in [5, 5.41) is 23.7. The minimum atomic E-state index is -0.878. The average Bonchev–Trinajstić information content (AvgIpc) is 2.67. The molecule has 3 rings (SSSR count). The molecule has 0 saturated heterocycles. The van der Waals surface area contributed by atoms with Crippen LogP contribution in [0.5, 0.6) is 0 Å². The van der Waals surface area contributed by atoms with Crippen molar-refractivity contribution in [1.82, 2.24) is 4.98 Å². The van der Waals surface area contributed by atoms with Crippen LogP contribution in [-0.2, 0) is 11.3 Å². The Balaban J connectivity index is 1.97. The van der Waals surface area contributed by atoms with Gasteiger partial charge in [-0.3, -0.25) is 14.9 Å². The summed E-state index contributed by atoms with van der Waals surface area (Å²) in [6, 6.07) is 7.59. The van der Waals surface area contributed by atoms with Crippen molar-refractivity contribution < 1.29 is 24.0 Å². The van der Waals surface area contributed by atoms with Crippen LogP contribution in [0.25, 0.3) is 11.0 Å². The summed E-state index contributed by atoms with van der Waals surface area (Å²) >= 11 is 11.9. The molecule has 11 heteroatoms. The summed E-state index contributed by atoms with van der Waals surface area (Å²) in [7, 11) is 0. The molecule has 0 amide bonds. The van der Waals surface area contributed by atoms with Crippen LogP contribution in [0.15, 0.2) is 36.4 Å². The number of nitro groups is 1. The molecule has 0 aliphatic heterocycles. The SMILES string of the molecule is CC(=O)c1c(COC(=O)c2cccc([N+](=O)[O-])c2)nc2cc(Cl)c(Cl)cc2[n+]1[O-]. The van der Waals surface area contributed by atoms with Gasteiger partial charge < -0.3 is 9.94 Å². The van der Waals surface area contributed by atoms with Gasteiger partial charge in [0.25, 0.3) is 11.4 Å². The number of nitrogens with zero attached hydrogens (tertiary/aromatic N) is 3. The first-order valence-corrected chi connectivity index (χ1v) is 8.78. The van der Waals surface area contributed by atoms with Crippen LogP contribution >= 0.6 is 23.2 Å². The Labute approximate surface area is 173 Å². The summed E-state index contributed by atoms with van der Waals surface area (Å²) < 4.78 is 5.46. The first-order valence-electron chi connectivity index (χ1n) is 8.02. The highest BCUT2D eigenvalue weighted by Gasteiger charge is 2.25. The minimum absolute atomic E-state index is 0.0263. The Bertz CT molecular complexity index is 1180. The lowest BCUT2D eigenvalue weighted by molar-refractivity contribution is -0.580. The maximum atomic E-state index is 12.6. The van der Waals surface area contributed by atoms with E-state index in [-0.39, 0.29) is 43.7 Å². The summed E-state index contributed by atoms with van der Waals surface area (Å²) in [5.41, 5.74) is -0.565. The highest BCUT2D eigenvalue weighted by molar-refractivity contribution is 6.42. The third-order valence-electron chi connectivity index (χ3n) is 3.93. The second-order valence-corrected chi connectivity index (χ2v) is 6.71. The molecule has 0 spiro atoms. The zero-order valence-corrected chi connectivity index (χ0v) is 16.2. The van der Waals surface area contributed by atoms with Gasteiger partial charge in [0.1, 0.15) is 12.1 Å². The van der Waals surface area contributed by atoms with Crippen molar-refractivity contribution in [3.8, 4) is 0 Å². The lowest BCUT2D eigenvalue weighted by atomic mass is 10.2. The van der Waals surface area contributed by atoms with Crippen molar-refractivity contribution in [2.24, 2.45) is 0 Å². The van der Waals surface area contributed by atoms with Gasteiger partial charge in [-0.1, -0.05) is 29.3 Å². The van der Waals surface area contributed by atoms with E-state index >= 15 is 0 Å². The minimum Gasteiger partial charge on any atom is -0.618 e. The molecule has 1 aromatic heterocycles. The Kier molecular flexibility index (Phi) is 5.62. The zero-order chi connectivity index (χ0) is 21.3. The topological polar surface area (TPSA) is 126 Å². The van der Waals surface area contributed by atoms with Crippen LogP contribution < -0.4 is 4.73 Å². The molecule has 0 N–H and O–H groups in total. The van der Waals surface area contributed by atoms with Crippen LogP contribution in [-0.4, -0.2) is 21.7 Å². The van der Waals surface area contributed by atoms with E-state index in [2.05, 4.69) is 4.98 Å². The van der Waals surface area contributed by atoms with Gasteiger partial charge in [0.15, 0.2) is 5.69 Å². The molecule has 0 aliphatic carbocycles. The molecular formula is C18H11Cl2N3O6. The van der Waals surface area contributed by atoms with E-state index in [1.165, 1.54) is 37.3 Å². The van der Waals surface area contributed by atoms with Crippen LogP contribution in [0.3, 0.4) is 0 Å². The summed E-state index contributed by atoms with van der Waals surface area (Å²) in [4.78, 5) is 38.6. The van der Waals surface area contributed by atoms with Crippen molar-refractivity contribution in [1.29, 1.82) is 0 Å². The molecule has 0 atom stereocenters. The number of rotatable bonds is 5. The molecule has 0 fully saturated rings. The van der Waals surface area contributed by atoms with Crippen LogP contribution in [0.1, 0.15) is 33.5 Å². The van der Waals surface area contributed by atoms with Crippen molar-refractivity contribution in [3.63, 3.8) is 0 Å². The van der Waals surface area contributed by atoms with Gasteiger partial charge in [0.05, 0.1) is 20.5 Å². The number of nitro benzene ring substituents is 1. The van der Waals surface area contributed by atoms with E-state index in [4.69, 9.17) is 27.9 Å². The molecular weight excluding hydrogens is 425 g/mol. The van der Waals surface area contributed by atoms with Crippen molar-refractivity contribution in [2.75, 3.05) is 0 Å². The normalized spacial score (nSPS) is 10.7. The second kappa shape index (κ2) is 7.98. The fourth-order valence-electron chi connectivity index (χ4n) is 2.62. The number of carbonyl (C=O) groups is 2. The number of hydrogen-bond acceptors (Lipinski definition) is 7. The molecule has 2 aromatic carbocycles. The molecule has 148 valence electrons. The Morgan fingerprint density at radius 1 is 1.21 bits per heavy atom. The number of benzene rings is 2. The van der Waals surface area contributed by atoms with Gasteiger partial charge in [-0.05, 0) is 12.1 Å².